The third-order valence-corrected chi connectivity index (χ3v) is 1.65. The summed E-state index contributed by atoms with van der Waals surface area (Å²) in [5.74, 6) is 0. The van der Waals surface area contributed by atoms with Gasteiger partial charge >= 0.3 is 25.8 Å². The molecule has 0 aromatic heterocycles. The van der Waals surface area contributed by atoms with E-state index >= 15 is 0 Å². The van der Waals surface area contributed by atoms with Crippen LogP contribution in [-0.4, -0.2) is 0 Å². The minimum absolute atomic E-state index is 0. The van der Waals surface area contributed by atoms with Gasteiger partial charge in [-0.05, 0) is 0 Å². The van der Waals surface area contributed by atoms with Crippen molar-refractivity contribution in [2.45, 2.75) is 65.7 Å². The number of allylic oxidation sites excluding steroid dienone is 4. The molecular formula is C17H32Hf. The van der Waals surface area contributed by atoms with E-state index in [2.05, 4.69) is 53.7 Å². The normalized spacial score (nSPS) is 9.89. The van der Waals surface area contributed by atoms with Crippen molar-refractivity contribution in [2.24, 2.45) is 0 Å². The summed E-state index contributed by atoms with van der Waals surface area (Å²) in [5.41, 5.74) is 0. The molecule has 0 N–H and O–H groups in total. The zero-order valence-electron chi connectivity index (χ0n) is 12.8. The van der Waals surface area contributed by atoms with Gasteiger partial charge in [-0.15, -0.1) is 6.42 Å². The minimum Gasteiger partial charge on any atom is -0.343 e. The van der Waals surface area contributed by atoms with Gasteiger partial charge in [0.1, 0.15) is 0 Å². The topological polar surface area (TPSA) is 0 Å². The quantitative estimate of drug-likeness (QED) is 0.383. The number of hydrogen-bond acceptors (Lipinski definition) is 0. The van der Waals surface area contributed by atoms with Gasteiger partial charge in [-0.2, -0.15) is 25.3 Å². The second-order valence-corrected chi connectivity index (χ2v) is 3.56. The van der Waals surface area contributed by atoms with Crippen molar-refractivity contribution in [1.29, 1.82) is 0 Å². The molecule has 1 aliphatic rings. The number of rotatable bonds is 3. The fraction of sp³-hybridized carbons (Fsp3) is 0.588. The fourth-order valence-corrected chi connectivity index (χ4v) is 0.340. The van der Waals surface area contributed by atoms with Crippen LogP contribution in [0.3, 0.4) is 0 Å². The maximum Gasteiger partial charge on any atom is 4.00 e. The predicted octanol–water partition coefficient (Wildman–Crippen LogP) is 6.16. The first-order valence-electron chi connectivity index (χ1n) is 6.84. The summed E-state index contributed by atoms with van der Waals surface area (Å²) in [6, 6.07) is 0. The van der Waals surface area contributed by atoms with Crippen molar-refractivity contribution in [3.63, 3.8) is 0 Å². The Morgan fingerprint density at radius 2 is 1.22 bits per heavy atom. The van der Waals surface area contributed by atoms with Crippen molar-refractivity contribution < 1.29 is 25.8 Å². The van der Waals surface area contributed by atoms with Gasteiger partial charge in [-0.1, -0.05) is 40.0 Å². The van der Waals surface area contributed by atoms with E-state index in [-0.39, 0.29) is 25.8 Å². The first-order valence-corrected chi connectivity index (χ1v) is 6.84. The van der Waals surface area contributed by atoms with E-state index in [0.29, 0.717) is 0 Å². The molecule has 0 unspecified atom stereocenters. The van der Waals surface area contributed by atoms with Gasteiger partial charge < -0.3 is 20.8 Å². The van der Waals surface area contributed by atoms with Crippen LogP contribution < -0.4 is 0 Å². The molecular weight excluding hydrogens is 383 g/mol. The average molecular weight is 415 g/mol. The largest absolute Gasteiger partial charge is 4.00 e. The van der Waals surface area contributed by atoms with E-state index in [0.717, 1.165) is 25.7 Å². The van der Waals surface area contributed by atoms with Gasteiger partial charge in [0.25, 0.3) is 0 Å². The minimum atomic E-state index is 0. The van der Waals surface area contributed by atoms with Gasteiger partial charge in [0.15, 0.2) is 0 Å². The Bertz CT molecular complexity index is 111. The van der Waals surface area contributed by atoms with E-state index in [1.165, 1.54) is 19.3 Å². The zero-order valence-corrected chi connectivity index (χ0v) is 16.4. The van der Waals surface area contributed by atoms with Crippen molar-refractivity contribution in [3.05, 3.63) is 45.1 Å². The van der Waals surface area contributed by atoms with Crippen molar-refractivity contribution in [2.75, 3.05) is 0 Å². The van der Waals surface area contributed by atoms with Crippen molar-refractivity contribution in [3.8, 4) is 0 Å². The predicted molar refractivity (Wildman–Crippen MR) is 82.4 cm³/mol. The summed E-state index contributed by atoms with van der Waals surface area (Å²) in [6.45, 7) is 17.2. The van der Waals surface area contributed by atoms with Crippen molar-refractivity contribution in [1.82, 2.24) is 0 Å². The van der Waals surface area contributed by atoms with Crippen LogP contribution in [0.15, 0.2) is 18.2 Å². The van der Waals surface area contributed by atoms with E-state index in [9.17, 15) is 0 Å². The summed E-state index contributed by atoms with van der Waals surface area (Å²) in [4.78, 5) is 0. The molecule has 0 radical (unpaired) electrons. The summed E-state index contributed by atoms with van der Waals surface area (Å²) < 4.78 is 0. The molecule has 0 aromatic rings. The van der Waals surface area contributed by atoms with Crippen LogP contribution in [0.25, 0.3) is 0 Å². The van der Waals surface area contributed by atoms with Crippen LogP contribution in [0, 0.1) is 26.8 Å². The number of hydrogen-bond donors (Lipinski definition) is 0. The molecule has 0 saturated heterocycles. The first-order chi connectivity index (χ1) is 8.24. The maximum absolute atomic E-state index is 3.60. The van der Waals surface area contributed by atoms with Crippen LogP contribution in [0.1, 0.15) is 65.7 Å². The van der Waals surface area contributed by atoms with Crippen LogP contribution in [0.5, 0.6) is 0 Å². The molecule has 1 aliphatic carbocycles. The van der Waals surface area contributed by atoms with Gasteiger partial charge in [0.2, 0.25) is 0 Å². The molecule has 1 heteroatoms. The second-order valence-electron chi connectivity index (χ2n) is 3.56. The van der Waals surface area contributed by atoms with Crippen LogP contribution in [0.4, 0.5) is 0 Å². The Hall–Kier alpha value is 0.350. The van der Waals surface area contributed by atoms with Crippen LogP contribution in [0.2, 0.25) is 0 Å². The summed E-state index contributed by atoms with van der Waals surface area (Å²) >= 11 is 0. The molecule has 0 spiro atoms. The van der Waals surface area contributed by atoms with Crippen molar-refractivity contribution >= 4 is 0 Å². The van der Waals surface area contributed by atoms with E-state index in [1.54, 1.807) is 0 Å². The second kappa shape index (κ2) is 36.0. The average Bonchev–Trinajstić information content (AvgIpc) is 2.98. The smallest absolute Gasteiger partial charge is 0.343 e. The Balaban J connectivity index is -0.0000000719. The SMILES string of the molecule is [C-]1=CC=CC1.[CH2-]CCC.[CH2-]CCC.[CH2-]CCC.[Hf+4]. The molecule has 0 atom stereocenters. The molecule has 0 amide bonds. The van der Waals surface area contributed by atoms with E-state index in [4.69, 9.17) is 0 Å². The molecule has 104 valence electrons. The van der Waals surface area contributed by atoms with Crippen LogP contribution in [-0.2, 0) is 25.8 Å². The van der Waals surface area contributed by atoms with Gasteiger partial charge in [0.05, 0.1) is 0 Å². The Morgan fingerprint density at radius 3 is 1.28 bits per heavy atom. The van der Waals surface area contributed by atoms with Crippen LogP contribution >= 0.6 is 0 Å². The zero-order chi connectivity index (χ0) is 13.8. The Morgan fingerprint density at radius 1 is 0.889 bits per heavy atom. The molecule has 0 nitrogen and oxygen atoms in total. The molecule has 18 heavy (non-hydrogen) atoms. The summed E-state index contributed by atoms with van der Waals surface area (Å²) in [6.07, 6.45) is 16.8. The van der Waals surface area contributed by atoms with Gasteiger partial charge in [0, 0.05) is 0 Å². The molecule has 0 aliphatic heterocycles. The standard InChI is InChI=1S/C5H5.3C4H9.Hf/c1-2-4-5-3-1;3*1-3-4-2;/h1-3H,4H2;3*1,3-4H2,2H3;/q4*-1;+4. The van der Waals surface area contributed by atoms with Gasteiger partial charge in [-0.25, -0.2) is 12.2 Å². The molecule has 1 rings (SSSR count). The summed E-state index contributed by atoms with van der Waals surface area (Å²) in [5, 5.41) is 0. The molecule has 0 saturated carbocycles. The monoisotopic (exact) mass is 416 g/mol. The molecule has 0 aromatic carbocycles. The van der Waals surface area contributed by atoms with E-state index < -0.39 is 0 Å². The molecule has 0 fully saturated rings. The molecule has 0 bridgehead atoms. The fourth-order valence-electron chi connectivity index (χ4n) is 0.340. The Kier molecular flexibility index (Phi) is 53.7. The first kappa shape index (κ1) is 26.8. The van der Waals surface area contributed by atoms with E-state index in [1.807, 2.05) is 12.2 Å². The Labute approximate surface area is 136 Å². The van der Waals surface area contributed by atoms with Gasteiger partial charge in [-0.3, -0.25) is 6.08 Å². The molecule has 0 heterocycles. The third-order valence-electron chi connectivity index (χ3n) is 1.65. The summed E-state index contributed by atoms with van der Waals surface area (Å²) in [7, 11) is 0. The maximum atomic E-state index is 3.60. The number of unbranched alkanes of at least 4 members (excludes halogenated alkanes) is 3. The third kappa shape index (κ3) is 55.3.